The topological polar surface area (TPSA) is 73.3 Å². The summed E-state index contributed by atoms with van der Waals surface area (Å²) in [6.07, 6.45) is 8.09. The van der Waals surface area contributed by atoms with Crippen LogP contribution in [0.3, 0.4) is 0 Å². The molecular formula is C28H31N3O3S. The van der Waals surface area contributed by atoms with Crippen LogP contribution >= 0.6 is 11.3 Å². The van der Waals surface area contributed by atoms with E-state index in [2.05, 4.69) is 64.0 Å². The van der Waals surface area contributed by atoms with E-state index in [0.717, 1.165) is 41.5 Å². The number of methoxy groups -OCH3 is 1. The van der Waals surface area contributed by atoms with E-state index in [-0.39, 0.29) is 17.0 Å². The lowest BCUT2D eigenvalue weighted by Gasteiger charge is -2.53. The minimum atomic E-state index is -0.321. The Bertz CT molecular complexity index is 1180. The van der Waals surface area contributed by atoms with E-state index >= 15 is 0 Å². The largest absolute Gasteiger partial charge is 0.469 e. The van der Waals surface area contributed by atoms with Crippen LogP contribution in [-0.2, 0) is 19.7 Å². The van der Waals surface area contributed by atoms with Crippen molar-refractivity contribution in [3.05, 3.63) is 59.1 Å². The molecule has 6 nitrogen and oxygen atoms in total. The fourth-order valence-corrected chi connectivity index (χ4v) is 6.62. The van der Waals surface area contributed by atoms with Gasteiger partial charge in [0.25, 0.3) is 0 Å². The van der Waals surface area contributed by atoms with Crippen LogP contribution in [-0.4, -0.2) is 35.5 Å². The molecule has 0 unspecified atom stereocenters. The summed E-state index contributed by atoms with van der Waals surface area (Å²) < 4.78 is 11.2. The number of nitrogens with one attached hydrogen (secondary N) is 1. The maximum atomic E-state index is 11.8. The van der Waals surface area contributed by atoms with Crippen molar-refractivity contribution in [3.8, 4) is 11.1 Å². The fraction of sp³-hybridized carbons (Fsp3) is 0.464. The van der Waals surface area contributed by atoms with Crippen molar-refractivity contribution in [2.24, 2.45) is 0 Å². The van der Waals surface area contributed by atoms with Gasteiger partial charge in [-0.05, 0) is 67.3 Å². The number of aromatic nitrogens is 2. The Hall–Kier alpha value is -2.77. The minimum absolute atomic E-state index is 0.0598. The lowest BCUT2D eigenvalue weighted by molar-refractivity contribution is -0.176. The van der Waals surface area contributed by atoms with Gasteiger partial charge in [0.2, 0.25) is 5.13 Å². The maximum absolute atomic E-state index is 11.8. The molecule has 2 aliphatic heterocycles. The Morgan fingerprint density at radius 3 is 2.29 bits per heavy atom. The molecule has 7 heteroatoms. The molecule has 2 aromatic carbocycles. The molecule has 35 heavy (non-hydrogen) atoms. The van der Waals surface area contributed by atoms with Gasteiger partial charge in [-0.2, -0.15) is 0 Å². The zero-order valence-electron chi connectivity index (χ0n) is 20.1. The third-order valence-corrected chi connectivity index (χ3v) is 9.33. The second-order valence-electron chi connectivity index (χ2n) is 10.4. The summed E-state index contributed by atoms with van der Waals surface area (Å²) in [5.74, 6) is 0.441. The number of anilines is 2. The van der Waals surface area contributed by atoms with Crippen LogP contribution in [0.2, 0.25) is 0 Å². The number of carbonyl (C=O) groups is 1. The molecule has 182 valence electrons. The normalized spacial score (nSPS) is 25.7. The van der Waals surface area contributed by atoms with Gasteiger partial charge in [-0.25, -0.2) is 0 Å². The number of hydrogen-bond donors (Lipinski definition) is 1. The molecule has 1 aromatic heterocycles. The first-order valence-electron chi connectivity index (χ1n) is 12.6. The summed E-state index contributed by atoms with van der Waals surface area (Å²) in [7, 11) is 1.45. The highest BCUT2D eigenvalue weighted by Crippen LogP contribution is 2.51. The molecule has 1 N–H and O–H groups in total. The fourth-order valence-electron chi connectivity index (χ4n) is 5.69. The predicted octanol–water partition coefficient (Wildman–Crippen LogP) is 6.36. The SMILES string of the molecule is COC(=O)CC12CCC(c3ccc(-c4ccc(Nc5nnc(C6CCC6)s5)cc4)cc3)(CC1)CO2. The second-order valence-corrected chi connectivity index (χ2v) is 11.4. The summed E-state index contributed by atoms with van der Waals surface area (Å²) in [6, 6.07) is 17.4. The van der Waals surface area contributed by atoms with Gasteiger partial charge in [0, 0.05) is 17.0 Å². The second kappa shape index (κ2) is 9.03. The zero-order valence-corrected chi connectivity index (χ0v) is 20.9. The monoisotopic (exact) mass is 489 g/mol. The summed E-state index contributed by atoms with van der Waals surface area (Å²) in [5.41, 5.74) is 4.49. The molecule has 2 aliphatic carbocycles. The highest BCUT2D eigenvalue weighted by molar-refractivity contribution is 7.15. The first-order chi connectivity index (χ1) is 17.1. The van der Waals surface area contributed by atoms with Crippen LogP contribution in [0.25, 0.3) is 11.1 Å². The van der Waals surface area contributed by atoms with E-state index in [0.29, 0.717) is 18.9 Å². The van der Waals surface area contributed by atoms with Gasteiger partial charge in [-0.3, -0.25) is 4.79 Å². The van der Waals surface area contributed by atoms with Crippen molar-refractivity contribution >= 4 is 28.1 Å². The van der Waals surface area contributed by atoms with E-state index in [9.17, 15) is 4.79 Å². The molecule has 4 aliphatic rings. The van der Waals surface area contributed by atoms with E-state index in [1.165, 1.54) is 43.1 Å². The number of hydrogen-bond acceptors (Lipinski definition) is 7. The van der Waals surface area contributed by atoms with Gasteiger partial charge in [0.15, 0.2) is 0 Å². The number of nitrogens with zero attached hydrogens (tertiary/aromatic N) is 2. The standard InChI is InChI=1S/C28H31N3O3S/c1-33-24(32)17-28-15-13-27(14-16-28,18-34-28)22-9-5-19(6-10-22)20-7-11-23(12-8-20)29-26-31-30-25(35-26)21-3-2-4-21/h5-12,21H,2-4,13-18H2,1H3,(H,29,31). The molecule has 3 aromatic rings. The van der Waals surface area contributed by atoms with E-state index in [1.807, 2.05) is 0 Å². The molecule has 0 amide bonds. The van der Waals surface area contributed by atoms with Crippen molar-refractivity contribution in [2.45, 2.75) is 68.3 Å². The number of carbonyl (C=O) groups excluding carboxylic acids is 1. The van der Waals surface area contributed by atoms with Gasteiger partial charge < -0.3 is 14.8 Å². The Morgan fingerprint density at radius 1 is 1.03 bits per heavy atom. The van der Waals surface area contributed by atoms with Crippen molar-refractivity contribution in [3.63, 3.8) is 0 Å². The Balaban J connectivity index is 1.10. The Morgan fingerprint density at radius 2 is 1.71 bits per heavy atom. The van der Waals surface area contributed by atoms with E-state index in [4.69, 9.17) is 9.47 Å². The molecule has 3 heterocycles. The number of rotatable bonds is 7. The van der Waals surface area contributed by atoms with Crippen LogP contribution in [0.15, 0.2) is 48.5 Å². The van der Waals surface area contributed by atoms with Crippen molar-refractivity contribution in [1.82, 2.24) is 10.2 Å². The first kappa shape index (κ1) is 22.7. The lowest BCUT2D eigenvalue weighted by atomic mass is 9.62. The number of benzene rings is 2. The molecule has 2 saturated carbocycles. The molecular weight excluding hydrogens is 458 g/mol. The third kappa shape index (κ3) is 4.36. The Labute approximate surface area is 210 Å². The number of esters is 1. The molecule has 0 atom stereocenters. The molecule has 2 saturated heterocycles. The van der Waals surface area contributed by atoms with Crippen LogP contribution in [0.1, 0.15) is 67.9 Å². The Kier molecular flexibility index (Phi) is 5.85. The summed E-state index contributed by atoms with van der Waals surface area (Å²) in [4.78, 5) is 11.8. The lowest BCUT2D eigenvalue weighted by Crippen LogP contribution is -2.54. The zero-order chi connectivity index (χ0) is 23.9. The smallest absolute Gasteiger partial charge is 0.308 e. The van der Waals surface area contributed by atoms with E-state index in [1.54, 1.807) is 11.3 Å². The minimum Gasteiger partial charge on any atom is -0.469 e. The molecule has 2 bridgehead atoms. The van der Waals surface area contributed by atoms with Crippen molar-refractivity contribution < 1.29 is 14.3 Å². The van der Waals surface area contributed by atoms with Crippen molar-refractivity contribution in [2.75, 3.05) is 19.0 Å². The van der Waals surface area contributed by atoms with Gasteiger partial charge in [0.1, 0.15) is 5.01 Å². The number of fused-ring (bicyclic) bond motifs is 3. The molecule has 4 fully saturated rings. The van der Waals surface area contributed by atoms with Crippen LogP contribution < -0.4 is 5.32 Å². The summed E-state index contributed by atoms with van der Waals surface area (Å²) >= 11 is 1.67. The van der Waals surface area contributed by atoms with Crippen LogP contribution in [0.4, 0.5) is 10.8 Å². The molecule has 0 spiro atoms. The summed E-state index contributed by atoms with van der Waals surface area (Å²) in [5, 5.41) is 14.1. The first-order valence-corrected chi connectivity index (χ1v) is 13.4. The average Bonchev–Trinajstić information content (AvgIpc) is 3.32. The predicted molar refractivity (Wildman–Crippen MR) is 137 cm³/mol. The van der Waals surface area contributed by atoms with Gasteiger partial charge in [-0.1, -0.05) is 54.2 Å². The van der Waals surface area contributed by atoms with Gasteiger partial charge >= 0.3 is 5.97 Å². The number of ether oxygens (including phenoxy) is 2. The molecule has 7 rings (SSSR count). The highest BCUT2D eigenvalue weighted by Gasteiger charge is 2.51. The van der Waals surface area contributed by atoms with Crippen LogP contribution in [0, 0.1) is 0 Å². The quantitative estimate of drug-likeness (QED) is 0.389. The van der Waals surface area contributed by atoms with Crippen LogP contribution in [0.5, 0.6) is 0 Å². The maximum Gasteiger partial charge on any atom is 0.308 e. The van der Waals surface area contributed by atoms with Gasteiger partial charge in [-0.15, -0.1) is 10.2 Å². The highest BCUT2D eigenvalue weighted by atomic mass is 32.1. The van der Waals surface area contributed by atoms with Gasteiger partial charge in [0.05, 0.1) is 25.7 Å². The summed E-state index contributed by atoms with van der Waals surface area (Å²) in [6.45, 7) is 0.678. The van der Waals surface area contributed by atoms with Crippen molar-refractivity contribution in [1.29, 1.82) is 0 Å². The third-order valence-electron chi connectivity index (χ3n) is 8.33. The van der Waals surface area contributed by atoms with E-state index < -0.39 is 0 Å². The molecule has 0 radical (unpaired) electrons. The average molecular weight is 490 g/mol.